The molecule has 160 valence electrons. The summed E-state index contributed by atoms with van der Waals surface area (Å²) in [5.74, 6) is -0.891. The number of pyridine rings is 2. The lowest BCUT2D eigenvalue weighted by molar-refractivity contribution is -0.123. The summed E-state index contributed by atoms with van der Waals surface area (Å²) >= 11 is 6.21. The van der Waals surface area contributed by atoms with Crippen LogP contribution < -0.4 is 0 Å². The second-order valence-electron chi connectivity index (χ2n) is 8.41. The average molecular weight is 434 g/mol. The van der Waals surface area contributed by atoms with E-state index in [2.05, 4.69) is 9.97 Å². The number of ketones is 1. The first kappa shape index (κ1) is 22.2. The molecule has 1 atom stereocenters. The highest BCUT2D eigenvalue weighted by Crippen LogP contribution is 2.27. The molecule has 2 aromatic rings. The number of rotatable bonds is 4. The first-order chi connectivity index (χ1) is 14.1. The standard InChI is InChI=1S/C22H25ClFN3O3/c1-22(2,3)30-21(29)27-9-5-6-14(13-27)19(28)11-15-10-16(17(23)12-25-15)18-7-4-8-20(24)26-18/h4,7-8,10,12,14H,5-6,9,11,13H2,1-3H3/t14-/m1/s1. The van der Waals surface area contributed by atoms with Gasteiger partial charge in [-0.2, -0.15) is 4.39 Å². The first-order valence-electron chi connectivity index (χ1n) is 9.90. The van der Waals surface area contributed by atoms with Crippen molar-refractivity contribution in [3.8, 4) is 11.3 Å². The Labute approximate surface area is 180 Å². The normalized spacial score (nSPS) is 17.0. The average Bonchev–Trinajstić information content (AvgIpc) is 2.68. The van der Waals surface area contributed by atoms with Crippen LogP contribution in [0, 0.1) is 11.9 Å². The lowest BCUT2D eigenvalue weighted by Gasteiger charge is -2.33. The number of amides is 1. The topological polar surface area (TPSA) is 72.4 Å². The van der Waals surface area contributed by atoms with Gasteiger partial charge in [0.25, 0.3) is 0 Å². The number of hydrogen-bond donors (Lipinski definition) is 0. The zero-order valence-electron chi connectivity index (χ0n) is 17.3. The molecule has 1 aliphatic rings. The molecule has 6 nitrogen and oxygen atoms in total. The largest absolute Gasteiger partial charge is 0.444 e. The first-order valence-corrected chi connectivity index (χ1v) is 10.3. The monoisotopic (exact) mass is 433 g/mol. The van der Waals surface area contributed by atoms with Gasteiger partial charge >= 0.3 is 6.09 Å². The maximum Gasteiger partial charge on any atom is 0.410 e. The van der Waals surface area contributed by atoms with Crippen LogP contribution in [0.3, 0.4) is 0 Å². The minimum atomic E-state index is -0.609. The molecule has 0 radical (unpaired) electrons. The molecule has 1 aliphatic heterocycles. The van der Waals surface area contributed by atoms with Crippen molar-refractivity contribution in [1.29, 1.82) is 0 Å². The van der Waals surface area contributed by atoms with Gasteiger partial charge in [0, 0.05) is 42.9 Å². The molecular weight excluding hydrogens is 409 g/mol. The fourth-order valence-corrected chi connectivity index (χ4v) is 3.59. The van der Waals surface area contributed by atoms with Crippen molar-refractivity contribution in [1.82, 2.24) is 14.9 Å². The molecule has 0 spiro atoms. The van der Waals surface area contributed by atoms with Crippen LogP contribution in [0.1, 0.15) is 39.3 Å². The third-order valence-electron chi connectivity index (χ3n) is 4.79. The number of carbonyl (C=O) groups is 2. The summed E-state index contributed by atoms with van der Waals surface area (Å²) in [5.41, 5.74) is 0.848. The van der Waals surface area contributed by atoms with E-state index >= 15 is 0 Å². The van der Waals surface area contributed by atoms with E-state index in [-0.39, 0.29) is 18.1 Å². The van der Waals surface area contributed by atoms with Crippen molar-refractivity contribution in [2.75, 3.05) is 13.1 Å². The molecule has 30 heavy (non-hydrogen) atoms. The lowest BCUT2D eigenvalue weighted by atomic mass is 9.91. The van der Waals surface area contributed by atoms with Crippen LogP contribution in [-0.2, 0) is 16.0 Å². The number of piperidine rings is 1. The van der Waals surface area contributed by atoms with Crippen LogP contribution in [0.25, 0.3) is 11.3 Å². The fourth-order valence-electron chi connectivity index (χ4n) is 3.39. The minimum absolute atomic E-state index is 0.00349. The Bertz CT molecular complexity index is 945. The Balaban J connectivity index is 1.70. The number of ether oxygens (including phenoxy) is 1. The lowest BCUT2D eigenvalue weighted by Crippen LogP contribution is -2.44. The highest BCUT2D eigenvalue weighted by atomic mass is 35.5. The van der Waals surface area contributed by atoms with E-state index in [1.54, 1.807) is 23.1 Å². The molecule has 1 fully saturated rings. The summed E-state index contributed by atoms with van der Waals surface area (Å²) in [5, 5.41) is 0.332. The van der Waals surface area contributed by atoms with Crippen LogP contribution in [0.4, 0.5) is 9.18 Å². The van der Waals surface area contributed by atoms with Gasteiger partial charge in [0.05, 0.1) is 10.7 Å². The molecule has 0 N–H and O–H groups in total. The van der Waals surface area contributed by atoms with E-state index < -0.39 is 17.6 Å². The molecule has 2 aromatic heterocycles. The number of nitrogens with zero attached hydrogens (tertiary/aromatic N) is 3. The number of carbonyl (C=O) groups excluding carboxylic acids is 2. The van der Waals surface area contributed by atoms with Gasteiger partial charge in [-0.15, -0.1) is 0 Å². The SMILES string of the molecule is CC(C)(C)OC(=O)N1CCC[C@@H](C(=O)Cc2cc(-c3cccc(F)n3)c(Cl)cn2)C1. The molecule has 0 bridgehead atoms. The molecule has 3 heterocycles. The number of aromatic nitrogens is 2. The van der Waals surface area contributed by atoms with E-state index in [0.29, 0.717) is 41.5 Å². The van der Waals surface area contributed by atoms with E-state index in [9.17, 15) is 14.0 Å². The Morgan fingerprint density at radius 3 is 2.80 bits per heavy atom. The van der Waals surface area contributed by atoms with Gasteiger partial charge in [-0.25, -0.2) is 9.78 Å². The molecular formula is C22H25ClFN3O3. The van der Waals surface area contributed by atoms with Crippen LogP contribution in [0.2, 0.25) is 5.02 Å². The van der Waals surface area contributed by atoms with Gasteiger partial charge in [-0.05, 0) is 51.8 Å². The second-order valence-corrected chi connectivity index (χ2v) is 8.82. The maximum atomic E-state index is 13.5. The second kappa shape index (κ2) is 9.08. The van der Waals surface area contributed by atoms with Crippen molar-refractivity contribution in [3.63, 3.8) is 0 Å². The maximum absolute atomic E-state index is 13.5. The third-order valence-corrected chi connectivity index (χ3v) is 5.09. The Morgan fingerprint density at radius 2 is 2.10 bits per heavy atom. The summed E-state index contributed by atoms with van der Waals surface area (Å²) in [6, 6.07) is 6.11. The third kappa shape index (κ3) is 5.75. The van der Waals surface area contributed by atoms with E-state index in [4.69, 9.17) is 16.3 Å². The van der Waals surface area contributed by atoms with Crippen LogP contribution >= 0.6 is 11.6 Å². The molecule has 3 rings (SSSR count). The van der Waals surface area contributed by atoms with Crippen molar-refractivity contribution in [3.05, 3.63) is 47.1 Å². The van der Waals surface area contributed by atoms with Gasteiger partial charge in [0.1, 0.15) is 11.4 Å². The van der Waals surface area contributed by atoms with Gasteiger partial charge in [-0.1, -0.05) is 17.7 Å². The Morgan fingerprint density at radius 1 is 1.33 bits per heavy atom. The zero-order valence-corrected chi connectivity index (χ0v) is 18.1. The summed E-state index contributed by atoms with van der Waals surface area (Å²) in [6.45, 7) is 6.35. The van der Waals surface area contributed by atoms with Crippen molar-refractivity contribution in [2.45, 2.75) is 45.6 Å². The molecule has 1 amide bonds. The number of likely N-dealkylation sites (tertiary alicyclic amines) is 1. The number of halogens is 2. The van der Waals surface area contributed by atoms with Crippen LogP contribution in [-0.4, -0.2) is 45.4 Å². The van der Waals surface area contributed by atoms with Gasteiger partial charge in [0.2, 0.25) is 5.95 Å². The molecule has 1 saturated heterocycles. The summed E-state index contributed by atoms with van der Waals surface area (Å²) < 4.78 is 18.9. The number of Topliss-reactive ketones (excluding diaryl/α,β-unsaturated/α-hetero) is 1. The number of hydrogen-bond acceptors (Lipinski definition) is 5. The molecule has 0 saturated carbocycles. The van der Waals surface area contributed by atoms with Gasteiger partial charge in [0.15, 0.2) is 0 Å². The van der Waals surface area contributed by atoms with Crippen LogP contribution in [0.5, 0.6) is 0 Å². The van der Waals surface area contributed by atoms with E-state index in [1.807, 2.05) is 20.8 Å². The highest BCUT2D eigenvalue weighted by molar-refractivity contribution is 6.33. The zero-order chi connectivity index (χ0) is 21.9. The van der Waals surface area contributed by atoms with E-state index in [0.717, 1.165) is 6.42 Å². The fraction of sp³-hybridized carbons (Fsp3) is 0.455. The summed E-state index contributed by atoms with van der Waals surface area (Å²) in [4.78, 5) is 34.9. The molecule has 0 aromatic carbocycles. The van der Waals surface area contributed by atoms with Crippen molar-refractivity contribution in [2.24, 2.45) is 5.92 Å². The quantitative estimate of drug-likeness (QED) is 0.654. The minimum Gasteiger partial charge on any atom is -0.444 e. The van der Waals surface area contributed by atoms with Crippen molar-refractivity contribution >= 4 is 23.5 Å². The molecule has 8 heteroatoms. The Kier molecular flexibility index (Phi) is 6.71. The van der Waals surface area contributed by atoms with Crippen molar-refractivity contribution < 1.29 is 18.7 Å². The van der Waals surface area contributed by atoms with Crippen LogP contribution in [0.15, 0.2) is 30.5 Å². The molecule has 0 aliphatic carbocycles. The van der Waals surface area contributed by atoms with Gasteiger partial charge < -0.3 is 9.64 Å². The predicted octanol–water partition coefficient (Wildman–Crippen LogP) is 4.69. The predicted molar refractivity (Wildman–Crippen MR) is 112 cm³/mol. The van der Waals surface area contributed by atoms with Gasteiger partial charge in [-0.3, -0.25) is 9.78 Å². The summed E-state index contributed by atoms with van der Waals surface area (Å²) in [6.07, 6.45) is 2.60. The molecule has 0 unspecified atom stereocenters. The highest BCUT2D eigenvalue weighted by Gasteiger charge is 2.31. The van der Waals surface area contributed by atoms with E-state index in [1.165, 1.54) is 12.3 Å². The smallest absolute Gasteiger partial charge is 0.410 e. The Hall–Kier alpha value is -2.54. The summed E-state index contributed by atoms with van der Waals surface area (Å²) in [7, 11) is 0.